The van der Waals surface area contributed by atoms with Gasteiger partial charge in [-0.15, -0.1) is 0 Å². The number of hydrogen-bond acceptors (Lipinski definition) is 1. The zero-order valence-electron chi connectivity index (χ0n) is 11.3. The highest BCUT2D eigenvalue weighted by molar-refractivity contribution is 6.30. The van der Waals surface area contributed by atoms with Crippen LogP contribution in [0.1, 0.15) is 24.5 Å². The van der Waals surface area contributed by atoms with E-state index in [4.69, 9.17) is 11.6 Å². The van der Waals surface area contributed by atoms with Crippen LogP contribution in [0.15, 0.2) is 54.6 Å². The summed E-state index contributed by atoms with van der Waals surface area (Å²) in [5.41, 5.74) is 2.68. The van der Waals surface area contributed by atoms with Crippen LogP contribution < -0.4 is 5.32 Å². The molecule has 100 valence electrons. The molecule has 0 saturated carbocycles. The Balaban J connectivity index is 1.72. The van der Waals surface area contributed by atoms with Crippen molar-refractivity contribution in [1.82, 2.24) is 5.32 Å². The molecule has 2 aromatic carbocycles. The monoisotopic (exact) mass is 273 g/mol. The molecule has 0 aliphatic carbocycles. The molecule has 0 fully saturated rings. The van der Waals surface area contributed by atoms with E-state index in [0.29, 0.717) is 6.04 Å². The maximum Gasteiger partial charge on any atom is 0.0406 e. The predicted octanol–water partition coefficient (Wildman–Crippen LogP) is 4.45. The Morgan fingerprint density at radius 1 is 0.947 bits per heavy atom. The van der Waals surface area contributed by atoms with Gasteiger partial charge in [-0.25, -0.2) is 0 Å². The maximum atomic E-state index is 5.87. The SMILES string of the molecule is C[C@@H](CCc1ccccc1)NCc1ccc(Cl)cc1. The summed E-state index contributed by atoms with van der Waals surface area (Å²) in [5.74, 6) is 0. The Kier molecular flexibility index (Phi) is 5.44. The molecule has 2 rings (SSSR count). The van der Waals surface area contributed by atoms with Crippen molar-refractivity contribution in [3.63, 3.8) is 0 Å². The van der Waals surface area contributed by atoms with Gasteiger partial charge >= 0.3 is 0 Å². The minimum Gasteiger partial charge on any atom is -0.310 e. The number of nitrogens with one attached hydrogen (secondary N) is 1. The Morgan fingerprint density at radius 2 is 1.63 bits per heavy atom. The van der Waals surface area contributed by atoms with Crippen LogP contribution in [-0.2, 0) is 13.0 Å². The maximum absolute atomic E-state index is 5.87. The molecular weight excluding hydrogens is 254 g/mol. The van der Waals surface area contributed by atoms with E-state index in [2.05, 4.69) is 54.7 Å². The van der Waals surface area contributed by atoms with Gasteiger partial charge in [-0.2, -0.15) is 0 Å². The largest absolute Gasteiger partial charge is 0.310 e. The van der Waals surface area contributed by atoms with Crippen LogP contribution in [-0.4, -0.2) is 6.04 Å². The standard InChI is InChI=1S/C17H20ClN/c1-14(7-8-15-5-3-2-4-6-15)19-13-16-9-11-17(18)12-10-16/h2-6,9-12,14,19H,7-8,13H2,1H3/t14-/m0/s1. The van der Waals surface area contributed by atoms with Crippen LogP contribution in [0, 0.1) is 0 Å². The zero-order chi connectivity index (χ0) is 13.5. The van der Waals surface area contributed by atoms with Crippen molar-refractivity contribution in [3.8, 4) is 0 Å². The molecule has 0 unspecified atom stereocenters. The number of benzene rings is 2. The fourth-order valence-electron chi connectivity index (χ4n) is 2.02. The van der Waals surface area contributed by atoms with Gasteiger partial charge in [0.2, 0.25) is 0 Å². The van der Waals surface area contributed by atoms with Gasteiger partial charge in [0.1, 0.15) is 0 Å². The molecule has 1 atom stereocenters. The molecule has 1 N–H and O–H groups in total. The van der Waals surface area contributed by atoms with Crippen molar-refractivity contribution in [1.29, 1.82) is 0 Å². The van der Waals surface area contributed by atoms with Crippen LogP contribution in [0.4, 0.5) is 0 Å². The second-order valence-corrected chi connectivity index (χ2v) is 5.37. The number of halogens is 1. The van der Waals surface area contributed by atoms with Crippen LogP contribution in [0.2, 0.25) is 5.02 Å². The highest BCUT2D eigenvalue weighted by atomic mass is 35.5. The van der Waals surface area contributed by atoms with Crippen molar-refractivity contribution in [3.05, 3.63) is 70.7 Å². The minimum absolute atomic E-state index is 0.510. The zero-order valence-corrected chi connectivity index (χ0v) is 12.0. The summed E-state index contributed by atoms with van der Waals surface area (Å²) in [6, 6.07) is 19.2. The second-order valence-electron chi connectivity index (χ2n) is 4.93. The molecule has 2 heteroatoms. The Bertz CT molecular complexity index is 478. The Hall–Kier alpha value is -1.31. The van der Waals surface area contributed by atoms with E-state index in [1.165, 1.54) is 11.1 Å². The van der Waals surface area contributed by atoms with Crippen LogP contribution in [0.25, 0.3) is 0 Å². The highest BCUT2D eigenvalue weighted by Crippen LogP contribution is 2.10. The van der Waals surface area contributed by atoms with Gasteiger partial charge in [-0.3, -0.25) is 0 Å². The smallest absolute Gasteiger partial charge is 0.0406 e. The second kappa shape index (κ2) is 7.32. The lowest BCUT2D eigenvalue weighted by molar-refractivity contribution is 0.514. The third-order valence-electron chi connectivity index (χ3n) is 3.28. The first-order chi connectivity index (χ1) is 9.24. The molecule has 0 radical (unpaired) electrons. The summed E-state index contributed by atoms with van der Waals surface area (Å²) < 4.78 is 0. The van der Waals surface area contributed by atoms with E-state index in [9.17, 15) is 0 Å². The average Bonchev–Trinajstić information content (AvgIpc) is 2.45. The summed E-state index contributed by atoms with van der Waals surface area (Å²) in [6.07, 6.45) is 2.27. The summed E-state index contributed by atoms with van der Waals surface area (Å²) in [7, 11) is 0. The van der Waals surface area contributed by atoms with Gasteiger partial charge in [0.15, 0.2) is 0 Å². The topological polar surface area (TPSA) is 12.0 Å². The molecule has 0 amide bonds. The number of aryl methyl sites for hydroxylation is 1. The predicted molar refractivity (Wildman–Crippen MR) is 82.5 cm³/mol. The van der Waals surface area contributed by atoms with E-state index in [1.807, 2.05) is 12.1 Å². The highest BCUT2D eigenvalue weighted by Gasteiger charge is 2.02. The fourth-order valence-corrected chi connectivity index (χ4v) is 2.15. The molecule has 2 aromatic rings. The summed E-state index contributed by atoms with van der Waals surface area (Å²) in [4.78, 5) is 0. The molecule has 0 spiro atoms. The van der Waals surface area contributed by atoms with Gasteiger partial charge in [-0.1, -0.05) is 54.1 Å². The van der Waals surface area contributed by atoms with Crippen molar-refractivity contribution in [2.75, 3.05) is 0 Å². The first kappa shape index (κ1) is 14.1. The molecule has 0 bridgehead atoms. The van der Waals surface area contributed by atoms with Gasteiger partial charge in [0.25, 0.3) is 0 Å². The first-order valence-corrected chi connectivity index (χ1v) is 7.13. The lowest BCUT2D eigenvalue weighted by Crippen LogP contribution is -2.25. The number of hydrogen-bond donors (Lipinski definition) is 1. The summed E-state index contributed by atoms with van der Waals surface area (Å²) in [6.45, 7) is 3.13. The molecule has 0 heterocycles. The van der Waals surface area contributed by atoms with Gasteiger partial charge in [-0.05, 0) is 43.0 Å². The van der Waals surface area contributed by atoms with Gasteiger partial charge in [0, 0.05) is 17.6 Å². The molecule has 19 heavy (non-hydrogen) atoms. The lowest BCUT2D eigenvalue weighted by Gasteiger charge is -2.14. The molecule has 0 aliphatic rings. The third-order valence-corrected chi connectivity index (χ3v) is 3.53. The van der Waals surface area contributed by atoms with Crippen molar-refractivity contribution < 1.29 is 0 Å². The first-order valence-electron chi connectivity index (χ1n) is 6.76. The van der Waals surface area contributed by atoms with E-state index in [0.717, 1.165) is 24.4 Å². The van der Waals surface area contributed by atoms with E-state index < -0.39 is 0 Å². The third kappa shape index (κ3) is 5.06. The van der Waals surface area contributed by atoms with E-state index in [-0.39, 0.29) is 0 Å². The molecule has 0 aliphatic heterocycles. The molecule has 1 nitrogen and oxygen atoms in total. The minimum atomic E-state index is 0.510. The van der Waals surface area contributed by atoms with E-state index >= 15 is 0 Å². The quantitative estimate of drug-likeness (QED) is 0.820. The summed E-state index contributed by atoms with van der Waals surface area (Å²) in [5, 5.41) is 4.34. The fraction of sp³-hybridized carbons (Fsp3) is 0.294. The van der Waals surface area contributed by atoms with Crippen molar-refractivity contribution in [2.45, 2.75) is 32.4 Å². The summed E-state index contributed by atoms with van der Waals surface area (Å²) >= 11 is 5.87. The van der Waals surface area contributed by atoms with Gasteiger partial charge in [0.05, 0.1) is 0 Å². The molecule has 0 aromatic heterocycles. The van der Waals surface area contributed by atoms with Gasteiger partial charge < -0.3 is 5.32 Å². The average molecular weight is 274 g/mol. The number of rotatable bonds is 6. The molecular formula is C17H20ClN. The van der Waals surface area contributed by atoms with Crippen molar-refractivity contribution in [2.24, 2.45) is 0 Å². The lowest BCUT2D eigenvalue weighted by atomic mass is 10.1. The Morgan fingerprint density at radius 3 is 2.32 bits per heavy atom. The molecule has 0 saturated heterocycles. The van der Waals surface area contributed by atoms with E-state index in [1.54, 1.807) is 0 Å². The van der Waals surface area contributed by atoms with Crippen LogP contribution >= 0.6 is 11.6 Å². The van der Waals surface area contributed by atoms with Crippen LogP contribution in [0.5, 0.6) is 0 Å². The normalized spacial score (nSPS) is 12.3. The van der Waals surface area contributed by atoms with Crippen LogP contribution in [0.3, 0.4) is 0 Å². The van der Waals surface area contributed by atoms with Crippen molar-refractivity contribution >= 4 is 11.6 Å². The Labute approximate surface area is 120 Å².